The number of Topliss-reactive ketones (excluding diaryl/α,β-unsaturated/α-hetero) is 1. The molecule has 0 fully saturated rings. The topological polar surface area (TPSA) is 123 Å². The average molecular weight is 597 g/mol. The SMILES string of the molecule is CC(C)NCCCCC(NC(=O)C(CCCCNC(C)C)NC(C)C)C(=O)NC(CCCCNC(C)C)C(=O)C(C)C. The fourth-order valence-electron chi connectivity index (χ4n) is 4.79. The van der Waals surface area contributed by atoms with Gasteiger partial charge >= 0.3 is 0 Å². The Morgan fingerprint density at radius 1 is 0.452 bits per heavy atom. The van der Waals surface area contributed by atoms with Gasteiger partial charge in [0.2, 0.25) is 11.8 Å². The molecule has 0 aliphatic rings. The predicted molar refractivity (Wildman–Crippen MR) is 177 cm³/mol. The zero-order valence-electron chi connectivity index (χ0n) is 28.8. The van der Waals surface area contributed by atoms with Crippen LogP contribution in [-0.4, -0.2) is 79.5 Å². The molecule has 0 aromatic heterocycles. The first-order valence-electron chi connectivity index (χ1n) is 16.8. The molecule has 0 saturated carbocycles. The minimum atomic E-state index is -0.680. The van der Waals surface area contributed by atoms with E-state index < -0.39 is 12.1 Å². The molecule has 0 radical (unpaired) electrons. The fraction of sp³-hybridized carbons (Fsp3) is 0.909. The van der Waals surface area contributed by atoms with E-state index in [0.29, 0.717) is 37.4 Å². The second-order valence-corrected chi connectivity index (χ2v) is 13.4. The number of hydrogen-bond acceptors (Lipinski definition) is 7. The monoisotopic (exact) mass is 597 g/mol. The zero-order valence-corrected chi connectivity index (χ0v) is 28.8. The van der Waals surface area contributed by atoms with Crippen LogP contribution in [0.5, 0.6) is 0 Å². The summed E-state index contributed by atoms with van der Waals surface area (Å²) in [7, 11) is 0. The lowest BCUT2D eigenvalue weighted by Gasteiger charge is -2.27. The standard InChI is InChI=1S/C33H68N6O3/c1-23(2)31(40)28(17-11-14-20-34-24(3)4)38-33(42)30(19-13-16-22-36-26(7)8)39-32(41)29(37-27(9)10)18-12-15-21-35-25(5)6/h23-30,34-37H,11-22H2,1-10H3,(H,38,42)(H,39,41). The van der Waals surface area contributed by atoms with Crippen LogP contribution in [0.4, 0.5) is 0 Å². The van der Waals surface area contributed by atoms with Crippen molar-refractivity contribution in [1.82, 2.24) is 31.9 Å². The van der Waals surface area contributed by atoms with Gasteiger partial charge in [0.1, 0.15) is 6.04 Å². The Labute approximate surface area is 258 Å². The van der Waals surface area contributed by atoms with E-state index in [2.05, 4.69) is 73.4 Å². The zero-order chi connectivity index (χ0) is 32.1. The Balaban J connectivity index is 5.49. The Hall–Kier alpha value is -1.55. The van der Waals surface area contributed by atoms with Gasteiger partial charge in [0.05, 0.1) is 12.1 Å². The molecule has 9 heteroatoms. The maximum absolute atomic E-state index is 13.6. The second-order valence-electron chi connectivity index (χ2n) is 13.4. The van der Waals surface area contributed by atoms with Crippen molar-refractivity contribution in [2.75, 3.05) is 19.6 Å². The molecule has 0 aliphatic heterocycles. The second kappa shape index (κ2) is 23.9. The third-order valence-corrected chi connectivity index (χ3v) is 7.13. The molecule has 0 aromatic carbocycles. The molecule has 0 spiro atoms. The van der Waals surface area contributed by atoms with Crippen molar-refractivity contribution < 1.29 is 14.4 Å². The van der Waals surface area contributed by atoms with E-state index in [9.17, 15) is 14.4 Å². The molecule has 0 saturated heterocycles. The van der Waals surface area contributed by atoms with E-state index in [1.165, 1.54) is 0 Å². The molecule has 2 amide bonds. The highest BCUT2D eigenvalue weighted by atomic mass is 16.2. The smallest absolute Gasteiger partial charge is 0.243 e. The summed E-state index contributed by atoms with van der Waals surface area (Å²) in [5.74, 6) is -0.541. The third-order valence-electron chi connectivity index (χ3n) is 7.13. The molecule has 0 rings (SSSR count). The van der Waals surface area contributed by atoms with Crippen molar-refractivity contribution in [3.8, 4) is 0 Å². The molecule has 0 heterocycles. The largest absolute Gasteiger partial charge is 0.345 e. The van der Waals surface area contributed by atoms with Crippen LogP contribution in [0.15, 0.2) is 0 Å². The van der Waals surface area contributed by atoms with Crippen LogP contribution >= 0.6 is 0 Å². The number of carbonyl (C=O) groups is 3. The normalized spacial score (nSPS) is 14.2. The first-order chi connectivity index (χ1) is 19.7. The Bertz CT molecular complexity index is 727. The minimum Gasteiger partial charge on any atom is -0.345 e. The Kier molecular flexibility index (Phi) is 23.0. The van der Waals surface area contributed by atoms with Gasteiger partial charge in [0.15, 0.2) is 5.78 Å². The van der Waals surface area contributed by atoms with Gasteiger partial charge in [-0.05, 0) is 71.0 Å². The lowest BCUT2D eigenvalue weighted by molar-refractivity contribution is -0.133. The van der Waals surface area contributed by atoms with Crippen molar-refractivity contribution in [1.29, 1.82) is 0 Å². The van der Waals surface area contributed by atoms with Crippen molar-refractivity contribution in [2.45, 2.75) is 169 Å². The highest BCUT2D eigenvalue weighted by Gasteiger charge is 2.29. The lowest BCUT2D eigenvalue weighted by atomic mass is 9.96. The van der Waals surface area contributed by atoms with Gasteiger partial charge in [-0.25, -0.2) is 0 Å². The van der Waals surface area contributed by atoms with Crippen molar-refractivity contribution >= 4 is 17.6 Å². The highest BCUT2D eigenvalue weighted by Crippen LogP contribution is 2.11. The van der Waals surface area contributed by atoms with Crippen LogP contribution in [0.1, 0.15) is 127 Å². The number of rotatable bonds is 26. The molecule has 6 N–H and O–H groups in total. The van der Waals surface area contributed by atoms with Gasteiger partial charge in [0.25, 0.3) is 0 Å². The number of carbonyl (C=O) groups excluding carboxylic acids is 3. The lowest BCUT2D eigenvalue weighted by Crippen LogP contribution is -2.56. The first-order valence-corrected chi connectivity index (χ1v) is 16.8. The van der Waals surface area contributed by atoms with Crippen molar-refractivity contribution in [3.63, 3.8) is 0 Å². The summed E-state index contributed by atoms with van der Waals surface area (Å²) in [6.07, 6.45) is 7.22. The summed E-state index contributed by atoms with van der Waals surface area (Å²) in [4.78, 5) is 40.2. The maximum Gasteiger partial charge on any atom is 0.243 e. The van der Waals surface area contributed by atoms with Gasteiger partial charge in [-0.1, -0.05) is 75.7 Å². The van der Waals surface area contributed by atoms with Crippen molar-refractivity contribution in [3.05, 3.63) is 0 Å². The third kappa shape index (κ3) is 21.2. The summed E-state index contributed by atoms with van der Waals surface area (Å²) in [5.41, 5.74) is 0. The highest BCUT2D eigenvalue weighted by molar-refractivity contribution is 5.94. The van der Waals surface area contributed by atoms with Crippen LogP contribution in [0.2, 0.25) is 0 Å². The maximum atomic E-state index is 13.6. The van der Waals surface area contributed by atoms with E-state index in [4.69, 9.17) is 0 Å². The average Bonchev–Trinajstić information content (AvgIpc) is 2.88. The van der Waals surface area contributed by atoms with Crippen LogP contribution in [0.3, 0.4) is 0 Å². The molecule has 0 bridgehead atoms. The predicted octanol–water partition coefficient (Wildman–Crippen LogP) is 4.05. The van der Waals surface area contributed by atoms with Gasteiger partial charge in [0, 0.05) is 30.1 Å². The van der Waals surface area contributed by atoms with E-state index in [0.717, 1.165) is 58.2 Å². The molecule has 42 heavy (non-hydrogen) atoms. The summed E-state index contributed by atoms with van der Waals surface area (Å²) in [6, 6.07) is -0.191. The molecule has 3 atom stereocenters. The molecule has 0 aromatic rings. The molecule has 9 nitrogen and oxygen atoms in total. The number of amides is 2. The van der Waals surface area contributed by atoms with E-state index in [1.54, 1.807) is 0 Å². The fourth-order valence-corrected chi connectivity index (χ4v) is 4.79. The van der Waals surface area contributed by atoms with Crippen LogP contribution < -0.4 is 31.9 Å². The Morgan fingerprint density at radius 2 is 0.810 bits per heavy atom. The molecular formula is C33H68N6O3. The molecule has 248 valence electrons. The van der Waals surface area contributed by atoms with Crippen LogP contribution in [-0.2, 0) is 14.4 Å². The van der Waals surface area contributed by atoms with Gasteiger partial charge in [-0.2, -0.15) is 0 Å². The first kappa shape index (κ1) is 40.5. The molecular weight excluding hydrogens is 528 g/mol. The summed E-state index contributed by atoms with van der Waals surface area (Å²) in [6.45, 7) is 23.2. The molecule has 3 unspecified atom stereocenters. The van der Waals surface area contributed by atoms with Crippen LogP contribution in [0, 0.1) is 5.92 Å². The van der Waals surface area contributed by atoms with E-state index >= 15 is 0 Å². The van der Waals surface area contributed by atoms with E-state index in [1.807, 2.05) is 27.7 Å². The quantitative estimate of drug-likeness (QED) is 0.0833. The van der Waals surface area contributed by atoms with E-state index in [-0.39, 0.29) is 35.6 Å². The Morgan fingerprint density at radius 3 is 1.19 bits per heavy atom. The van der Waals surface area contributed by atoms with Gasteiger partial charge in [-0.15, -0.1) is 0 Å². The number of unbranched alkanes of at least 4 members (excludes halogenated alkanes) is 3. The molecule has 0 aliphatic carbocycles. The number of hydrogen-bond donors (Lipinski definition) is 6. The number of nitrogens with one attached hydrogen (secondary N) is 6. The van der Waals surface area contributed by atoms with Gasteiger partial charge < -0.3 is 31.9 Å². The van der Waals surface area contributed by atoms with Crippen molar-refractivity contribution in [2.24, 2.45) is 5.92 Å². The number of ketones is 1. The summed E-state index contributed by atoms with van der Waals surface area (Å²) in [5, 5.41) is 19.8. The van der Waals surface area contributed by atoms with Crippen LogP contribution in [0.25, 0.3) is 0 Å². The summed E-state index contributed by atoms with van der Waals surface area (Å²) >= 11 is 0. The van der Waals surface area contributed by atoms with Gasteiger partial charge in [-0.3, -0.25) is 14.4 Å². The minimum absolute atomic E-state index is 0.0423. The summed E-state index contributed by atoms with van der Waals surface area (Å²) < 4.78 is 0.